The van der Waals surface area contributed by atoms with Crippen molar-refractivity contribution < 1.29 is 69.6 Å². The Morgan fingerprint density at radius 1 is 0.512 bits per heavy atom. The van der Waals surface area contributed by atoms with Gasteiger partial charge in [-0.25, -0.2) is 0 Å². The lowest BCUT2D eigenvalue weighted by Crippen LogP contribution is -2.62. The number of rotatable bonds is 27. The molecule has 0 aromatic heterocycles. The first-order valence-electron chi connectivity index (χ1n) is 32.9. The van der Waals surface area contributed by atoms with Crippen LogP contribution in [0.4, 0.5) is 0 Å². The molecular weight excluding hydrogens is 1070 g/mol. The lowest BCUT2D eigenvalue weighted by Gasteiger charge is -2.63. The molecule has 10 N–H and O–H groups in total. The van der Waals surface area contributed by atoms with Gasteiger partial charge in [-0.3, -0.25) is 38.6 Å². The molecule has 8 aliphatic rings. The molecule has 8 rings (SSSR count). The molecule has 0 spiro atoms. The van der Waals surface area contributed by atoms with Crippen LogP contribution in [0.25, 0.3) is 0 Å². The summed E-state index contributed by atoms with van der Waals surface area (Å²) in [5.74, 6) is -1.01. The second-order valence-corrected chi connectivity index (χ2v) is 29.8. The first kappa shape index (κ1) is 66.6. The summed E-state index contributed by atoms with van der Waals surface area (Å²) in [6.07, 6.45) is 11.3. The number of carbonyl (C=O) groups is 6. The Bertz CT molecular complexity index is 2300. The monoisotopic (exact) mass is 1180 g/mol. The van der Waals surface area contributed by atoms with E-state index in [4.69, 9.17) is 0 Å². The minimum absolute atomic E-state index is 0.00355. The van der Waals surface area contributed by atoms with Crippen LogP contribution in [-0.2, 0) is 28.8 Å². The van der Waals surface area contributed by atoms with Gasteiger partial charge < -0.3 is 56.4 Å². The smallest absolute Gasteiger partial charge is 0.317 e. The van der Waals surface area contributed by atoms with E-state index >= 15 is 0 Å². The number of fused-ring (bicyclic) bond motifs is 10. The van der Waals surface area contributed by atoms with E-state index in [0.717, 1.165) is 57.8 Å². The number of aliphatic hydroxyl groups is 6. The average Bonchev–Trinajstić information content (AvgIpc) is 1.60. The van der Waals surface area contributed by atoms with Gasteiger partial charge in [0.15, 0.2) is 0 Å². The highest BCUT2D eigenvalue weighted by molar-refractivity contribution is 5.80. The van der Waals surface area contributed by atoms with Crippen LogP contribution in [0.5, 0.6) is 0 Å². The lowest BCUT2D eigenvalue weighted by molar-refractivity contribution is -0.207. The van der Waals surface area contributed by atoms with Crippen molar-refractivity contribution in [3.05, 3.63) is 0 Å². The molecule has 3 amide bonds. The molecule has 12 unspecified atom stereocenters. The summed E-state index contributed by atoms with van der Waals surface area (Å²) < 4.78 is 0. The Morgan fingerprint density at radius 3 is 1.38 bits per heavy atom. The van der Waals surface area contributed by atoms with E-state index in [2.05, 4.69) is 52.2 Å². The molecular formula is C65H109N5O14. The molecule has 84 heavy (non-hydrogen) atoms. The number of Topliss-reactive ketones (excluding diaryl/α,β-unsaturated/α-hetero) is 1. The van der Waals surface area contributed by atoms with E-state index in [0.29, 0.717) is 83.8 Å². The maximum atomic E-state index is 14.4. The highest BCUT2D eigenvalue weighted by Gasteiger charge is 2.67. The molecule has 0 bridgehead atoms. The first-order valence-corrected chi connectivity index (χ1v) is 32.9. The van der Waals surface area contributed by atoms with E-state index < -0.39 is 60.8 Å². The Morgan fingerprint density at radius 2 is 0.940 bits per heavy atom. The van der Waals surface area contributed by atoms with Gasteiger partial charge in [0.05, 0.1) is 62.8 Å². The minimum atomic E-state index is -1.16. The van der Waals surface area contributed by atoms with E-state index in [1.54, 1.807) is 4.90 Å². The molecule has 478 valence electrons. The zero-order valence-corrected chi connectivity index (χ0v) is 52.0. The Labute approximate surface area is 500 Å². The Hall–Kier alpha value is -3.30. The van der Waals surface area contributed by atoms with Gasteiger partial charge in [0, 0.05) is 52.1 Å². The number of aliphatic hydroxyl groups excluding tert-OH is 6. The van der Waals surface area contributed by atoms with Crippen LogP contribution in [0.1, 0.15) is 177 Å². The number of nitrogens with zero attached hydrogens (tertiary/aromatic N) is 3. The van der Waals surface area contributed by atoms with Crippen LogP contribution in [0.3, 0.4) is 0 Å². The van der Waals surface area contributed by atoms with Gasteiger partial charge in [-0.15, -0.1) is 0 Å². The number of carbonyl (C=O) groups excluding carboxylic acids is 4. The summed E-state index contributed by atoms with van der Waals surface area (Å²) in [6.45, 7) is 14.9. The van der Waals surface area contributed by atoms with E-state index in [9.17, 15) is 69.6 Å². The summed E-state index contributed by atoms with van der Waals surface area (Å²) in [5.41, 5.74) is -0.811. The van der Waals surface area contributed by atoms with Gasteiger partial charge in [0.25, 0.3) is 0 Å². The third-order valence-electron chi connectivity index (χ3n) is 25.2. The molecule has 0 saturated heterocycles. The fraction of sp³-hybridized carbons (Fsp3) is 0.908. The number of hydrogen-bond donors (Lipinski definition) is 10. The number of amides is 3. The molecule has 19 heteroatoms. The van der Waals surface area contributed by atoms with Crippen LogP contribution in [-0.4, -0.2) is 193 Å². The molecule has 0 radical (unpaired) electrons. The van der Waals surface area contributed by atoms with Crippen molar-refractivity contribution in [1.29, 1.82) is 0 Å². The molecule has 0 heterocycles. The first-order chi connectivity index (χ1) is 39.6. The van der Waals surface area contributed by atoms with Crippen molar-refractivity contribution in [2.45, 2.75) is 214 Å². The van der Waals surface area contributed by atoms with Gasteiger partial charge in [-0.2, -0.15) is 0 Å². The fourth-order valence-corrected chi connectivity index (χ4v) is 20.6. The van der Waals surface area contributed by atoms with Gasteiger partial charge in [-0.1, -0.05) is 41.5 Å². The number of nitrogens with one attached hydrogen (secondary N) is 2. The second kappa shape index (κ2) is 27.6. The highest BCUT2D eigenvalue weighted by atomic mass is 16.4. The molecule has 22 atom stereocenters. The lowest BCUT2D eigenvalue weighted by atomic mass is 9.43. The Kier molecular flexibility index (Phi) is 21.9. The van der Waals surface area contributed by atoms with Crippen molar-refractivity contribution in [3.8, 4) is 0 Å². The summed E-state index contributed by atoms with van der Waals surface area (Å²) in [6, 6.07) is 0. The summed E-state index contributed by atoms with van der Waals surface area (Å²) in [7, 11) is 0. The van der Waals surface area contributed by atoms with Gasteiger partial charge in [-0.05, 0) is 215 Å². The SMILES string of the molecule is CC(=O)CN(CCN(CC(=O)O)CC(=O)NCCCN(CCCNC(=O)CCC(C)C1CCC2C3C(C[C@H](O)[C@]12C)[C@@]1(C)CC[C@@H](O)CC1C[C@H]3O)C(=O)CCC(C)C1CCC2C3C(C[C@H](O)[C@]12C)[C@@]1(C)CC[C@@H](O)CC1C[C@H]3O)CC(=O)O. The third kappa shape index (κ3) is 14.1. The topological polar surface area (TPSA) is 298 Å². The highest BCUT2D eigenvalue weighted by Crippen LogP contribution is 2.70. The molecule has 0 aliphatic heterocycles. The predicted octanol–water partition coefficient (Wildman–Crippen LogP) is 4.95. The van der Waals surface area contributed by atoms with E-state index in [1.807, 2.05) is 0 Å². The number of hydrogen-bond acceptors (Lipinski definition) is 14. The van der Waals surface area contributed by atoms with Crippen molar-refractivity contribution in [3.63, 3.8) is 0 Å². The van der Waals surface area contributed by atoms with E-state index in [1.165, 1.54) is 16.7 Å². The Balaban J connectivity index is 0.850. The standard InChI is InChI=1S/C65H109N5O14/c1-38(45-12-14-47-60-49(32-53(76)64(45,47)6)62(4)20-18-43(72)28-41(62)30-51(60)74)10-16-55(78)66-22-8-24-70(25-9-23-67-56(79)35-69(37-59(83)84)27-26-68(34-40(3)71)36-58(81)82)57(80)17-11-39(2)46-13-15-48-61-50(33-54(77)65(46,48)7)63(5)21-19-44(73)29-42(63)31-52(61)75/h38-39,41-54,60-61,72-77H,8-37H2,1-7H3,(H,66,78)(H,67,79)(H,81,82)(H,83,84)/t38?,39?,41?,42?,43-,44-,45?,46?,47?,48?,49?,50?,51-,52-,53+,54+,60?,61?,62+,63+,64-,65-/m1/s1. The number of carboxylic acids is 2. The molecule has 8 saturated carbocycles. The van der Waals surface area contributed by atoms with Crippen LogP contribution in [0, 0.1) is 92.7 Å². The van der Waals surface area contributed by atoms with Crippen molar-refractivity contribution in [2.24, 2.45) is 92.7 Å². The van der Waals surface area contributed by atoms with Crippen LogP contribution >= 0.6 is 0 Å². The van der Waals surface area contributed by atoms with Crippen molar-refractivity contribution in [2.75, 3.05) is 65.4 Å². The average molecular weight is 1180 g/mol. The fourth-order valence-electron chi connectivity index (χ4n) is 20.6. The molecule has 19 nitrogen and oxygen atoms in total. The summed E-state index contributed by atoms with van der Waals surface area (Å²) in [4.78, 5) is 80.7. The van der Waals surface area contributed by atoms with Gasteiger partial charge >= 0.3 is 11.9 Å². The second-order valence-electron chi connectivity index (χ2n) is 29.8. The predicted molar refractivity (Wildman–Crippen MR) is 315 cm³/mol. The number of aliphatic carboxylic acids is 2. The van der Waals surface area contributed by atoms with Crippen molar-refractivity contribution >= 4 is 35.4 Å². The minimum Gasteiger partial charge on any atom is -0.480 e. The maximum Gasteiger partial charge on any atom is 0.317 e. The largest absolute Gasteiger partial charge is 0.480 e. The molecule has 0 aromatic carbocycles. The van der Waals surface area contributed by atoms with Gasteiger partial charge in [0.1, 0.15) is 5.78 Å². The number of carboxylic acid groups (broad SMARTS) is 2. The zero-order chi connectivity index (χ0) is 61.2. The third-order valence-corrected chi connectivity index (χ3v) is 25.2. The summed E-state index contributed by atoms with van der Waals surface area (Å²) >= 11 is 0. The quantitative estimate of drug-likeness (QED) is 0.0487. The zero-order valence-electron chi connectivity index (χ0n) is 52.0. The summed E-state index contributed by atoms with van der Waals surface area (Å²) in [5, 5.41) is 93.9. The van der Waals surface area contributed by atoms with E-state index in [-0.39, 0.29) is 156 Å². The van der Waals surface area contributed by atoms with Crippen LogP contribution in [0.2, 0.25) is 0 Å². The normalized spacial score (nSPS) is 40.3. The number of ketones is 1. The molecule has 0 aromatic rings. The molecule has 8 fully saturated rings. The van der Waals surface area contributed by atoms with Crippen LogP contribution in [0.15, 0.2) is 0 Å². The van der Waals surface area contributed by atoms with Crippen LogP contribution < -0.4 is 10.6 Å². The van der Waals surface area contributed by atoms with Crippen molar-refractivity contribution in [1.82, 2.24) is 25.3 Å². The molecule has 8 aliphatic carbocycles. The maximum absolute atomic E-state index is 14.4. The van der Waals surface area contributed by atoms with Gasteiger partial charge in [0.2, 0.25) is 17.7 Å².